The van der Waals surface area contributed by atoms with E-state index in [1.54, 1.807) is 7.11 Å². The second-order valence-electron chi connectivity index (χ2n) is 5.59. The molecule has 0 heterocycles. The number of hydrogen-bond donors (Lipinski definition) is 2. The van der Waals surface area contributed by atoms with E-state index in [0.29, 0.717) is 26.1 Å². The number of benzene rings is 2. The number of ether oxygens (including phenoxy) is 2. The highest BCUT2D eigenvalue weighted by molar-refractivity contribution is 5.76. The van der Waals surface area contributed by atoms with Gasteiger partial charge in [0.15, 0.2) is 0 Å². The van der Waals surface area contributed by atoms with Crippen LogP contribution in [0.5, 0.6) is 11.5 Å². The molecule has 0 aliphatic rings. The molecule has 0 aliphatic heterocycles. The maximum absolute atomic E-state index is 11.9. The number of anilines is 1. The molecular formula is C20H26N2O3. The fraction of sp³-hybridized carbons (Fsp3) is 0.350. The van der Waals surface area contributed by atoms with Gasteiger partial charge in [0, 0.05) is 25.2 Å². The molecule has 5 heteroatoms. The summed E-state index contributed by atoms with van der Waals surface area (Å²) in [5.74, 6) is 1.73. The second-order valence-corrected chi connectivity index (χ2v) is 5.59. The van der Waals surface area contributed by atoms with Gasteiger partial charge in [-0.3, -0.25) is 4.79 Å². The monoisotopic (exact) mass is 342 g/mol. The normalized spacial score (nSPS) is 10.2. The van der Waals surface area contributed by atoms with E-state index in [1.807, 2.05) is 55.5 Å². The van der Waals surface area contributed by atoms with Crippen molar-refractivity contribution in [2.24, 2.45) is 0 Å². The van der Waals surface area contributed by atoms with Crippen molar-refractivity contribution in [3.8, 4) is 11.5 Å². The van der Waals surface area contributed by atoms with Crippen LogP contribution in [-0.2, 0) is 11.2 Å². The highest BCUT2D eigenvalue weighted by atomic mass is 16.5. The summed E-state index contributed by atoms with van der Waals surface area (Å²) in [5, 5.41) is 6.18. The van der Waals surface area contributed by atoms with Gasteiger partial charge in [-0.25, -0.2) is 0 Å². The van der Waals surface area contributed by atoms with Gasteiger partial charge in [-0.2, -0.15) is 0 Å². The molecule has 2 aromatic rings. The fourth-order valence-electron chi connectivity index (χ4n) is 2.42. The molecule has 0 bridgehead atoms. The number of amides is 1. The summed E-state index contributed by atoms with van der Waals surface area (Å²) in [6, 6.07) is 15.6. The summed E-state index contributed by atoms with van der Waals surface area (Å²) in [4.78, 5) is 11.9. The molecule has 0 aromatic heterocycles. The van der Waals surface area contributed by atoms with E-state index < -0.39 is 0 Å². The number of rotatable bonds is 10. The molecule has 5 nitrogen and oxygen atoms in total. The van der Waals surface area contributed by atoms with Crippen LogP contribution in [-0.4, -0.2) is 32.7 Å². The van der Waals surface area contributed by atoms with Crippen LogP contribution in [0.3, 0.4) is 0 Å². The topological polar surface area (TPSA) is 59.6 Å². The largest absolute Gasteiger partial charge is 0.497 e. The Labute approximate surface area is 149 Å². The smallest absolute Gasteiger partial charge is 0.221 e. The predicted octanol–water partition coefficient (Wildman–Crippen LogP) is 3.25. The van der Waals surface area contributed by atoms with Gasteiger partial charge in [-0.05, 0) is 55.3 Å². The Morgan fingerprint density at radius 1 is 1.04 bits per heavy atom. The first-order valence-electron chi connectivity index (χ1n) is 8.57. The molecule has 0 saturated carbocycles. The van der Waals surface area contributed by atoms with Gasteiger partial charge >= 0.3 is 0 Å². The Morgan fingerprint density at radius 2 is 1.84 bits per heavy atom. The van der Waals surface area contributed by atoms with Crippen LogP contribution in [0.2, 0.25) is 0 Å². The maximum Gasteiger partial charge on any atom is 0.221 e. The lowest BCUT2D eigenvalue weighted by Crippen LogP contribution is -2.27. The second kappa shape index (κ2) is 10.2. The Kier molecular flexibility index (Phi) is 7.63. The van der Waals surface area contributed by atoms with Crippen LogP contribution in [0.4, 0.5) is 5.69 Å². The summed E-state index contributed by atoms with van der Waals surface area (Å²) in [6.45, 7) is 3.83. The Morgan fingerprint density at radius 3 is 2.56 bits per heavy atom. The van der Waals surface area contributed by atoms with Gasteiger partial charge in [0.2, 0.25) is 5.91 Å². The minimum Gasteiger partial charge on any atom is -0.497 e. The highest BCUT2D eigenvalue weighted by Gasteiger charge is 2.02. The van der Waals surface area contributed by atoms with Crippen molar-refractivity contribution in [3.05, 3.63) is 54.1 Å². The Hall–Kier alpha value is -2.69. The fourth-order valence-corrected chi connectivity index (χ4v) is 2.42. The van der Waals surface area contributed by atoms with Crippen molar-refractivity contribution in [3.63, 3.8) is 0 Å². The molecule has 0 fully saturated rings. The van der Waals surface area contributed by atoms with Gasteiger partial charge in [-0.1, -0.05) is 12.1 Å². The van der Waals surface area contributed by atoms with Crippen molar-refractivity contribution in [2.75, 3.05) is 32.1 Å². The van der Waals surface area contributed by atoms with Crippen molar-refractivity contribution >= 4 is 11.6 Å². The van der Waals surface area contributed by atoms with E-state index in [4.69, 9.17) is 9.47 Å². The average molecular weight is 342 g/mol. The van der Waals surface area contributed by atoms with Gasteiger partial charge < -0.3 is 20.1 Å². The average Bonchev–Trinajstić information content (AvgIpc) is 2.63. The van der Waals surface area contributed by atoms with E-state index in [9.17, 15) is 4.79 Å². The lowest BCUT2D eigenvalue weighted by Gasteiger charge is -2.09. The molecule has 0 saturated heterocycles. The zero-order valence-corrected chi connectivity index (χ0v) is 14.9. The molecule has 0 aliphatic carbocycles. The summed E-state index contributed by atoms with van der Waals surface area (Å²) in [5.41, 5.74) is 2.12. The minimum absolute atomic E-state index is 0.0429. The van der Waals surface area contributed by atoms with Gasteiger partial charge in [0.1, 0.15) is 11.5 Å². The van der Waals surface area contributed by atoms with Crippen molar-refractivity contribution in [1.29, 1.82) is 0 Å². The van der Waals surface area contributed by atoms with Gasteiger partial charge in [0.25, 0.3) is 0 Å². The number of hydrogen-bond acceptors (Lipinski definition) is 4. The lowest BCUT2D eigenvalue weighted by molar-refractivity contribution is -0.120. The summed E-state index contributed by atoms with van der Waals surface area (Å²) < 4.78 is 10.6. The summed E-state index contributed by atoms with van der Waals surface area (Å²) >= 11 is 0. The molecule has 0 unspecified atom stereocenters. The molecule has 0 radical (unpaired) electrons. The lowest BCUT2D eigenvalue weighted by atomic mass is 10.1. The molecule has 0 spiro atoms. The molecule has 2 aromatic carbocycles. The Bertz CT molecular complexity index is 656. The van der Waals surface area contributed by atoms with E-state index in [2.05, 4.69) is 10.6 Å². The number of carbonyl (C=O) groups is 1. The summed E-state index contributed by atoms with van der Waals surface area (Å²) in [7, 11) is 1.65. The first-order valence-corrected chi connectivity index (χ1v) is 8.57. The van der Waals surface area contributed by atoms with Crippen LogP contribution in [0.1, 0.15) is 18.9 Å². The molecular weight excluding hydrogens is 316 g/mol. The standard InChI is InChI=1S/C20H26N2O3/c1-3-25-18-9-7-17(8-10-18)21-14-12-20(23)22-13-11-16-5-4-6-19(15-16)24-2/h4-10,15,21H,3,11-14H2,1-2H3,(H,22,23). The number of carbonyl (C=O) groups excluding carboxylic acids is 1. The van der Waals surface area contributed by atoms with E-state index >= 15 is 0 Å². The van der Waals surface area contributed by atoms with Crippen molar-refractivity contribution in [2.45, 2.75) is 19.8 Å². The third kappa shape index (κ3) is 6.75. The Balaban J connectivity index is 1.63. The molecule has 2 rings (SSSR count). The maximum atomic E-state index is 11.9. The third-order valence-electron chi connectivity index (χ3n) is 3.72. The van der Waals surface area contributed by atoms with E-state index in [-0.39, 0.29) is 5.91 Å². The first kappa shape index (κ1) is 18.6. The molecule has 25 heavy (non-hydrogen) atoms. The zero-order valence-electron chi connectivity index (χ0n) is 14.9. The van der Waals surface area contributed by atoms with Crippen LogP contribution in [0.15, 0.2) is 48.5 Å². The SMILES string of the molecule is CCOc1ccc(NCCC(=O)NCCc2cccc(OC)c2)cc1. The number of nitrogens with one attached hydrogen (secondary N) is 2. The van der Waals surface area contributed by atoms with Crippen molar-refractivity contribution in [1.82, 2.24) is 5.32 Å². The molecule has 0 atom stereocenters. The molecule has 1 amide bonds. The van der Waals surface area contributed by atoms with E-state index in [0.717, 1.165) is 29.2 Å². The van der Waals surface area contributed by atoms with Gasteiger partial charge in [-0.15, -0.1) is 0 Å². The molecule has 2 N–H and O–H groups in total. The minimum atomic E-state index is 0.0429. The zero-order chi connectivity index (χ0) is 17.9. The van der Waals surface area contributed by atoms with Crippen LogP contribution >= 0.6 is 0 Å². The number of methoxy groups -OCH3 is 1. The van der Waals surface area contributed by atoms with Crippen molar-refractivity contribution < 1.29 is 14.3 Å². The molecule has 134 valence electrons. The van der Waals surface area contributed by atoms with Crippen LogP contribution in [0, 0.1) is 0 Å². The van der Waals surface area contributed by atoms with Crippen LogP contribution in [0.25, 0.3) is 0 Å². The van der Waals surface area contributed by atoms with Gasteiger partial charge in [0.05, 0.1) is 13.7 Å². The first-order chi connectivity index (χ1) is 12.2. The highest BCUT2D eigenvalue weighted by Crippen LogP contribution is 2.15. The van der Waals surface area contributed by atoms with E-state index in [1.165, 1.54) is 0 Å². The summed E-state index contributed by atoms with van der Waals surface area (Å²) in [6.07, 6.45) is 1.22. The van der Waals surface area contributed by atoms with Crippen LogP contribution < -0.4 is 20.1 Å². The predicted molar refractivity (Wildman–Crippen MR) is 100 cm³/mol. The quantitative estimate of drug-likeness (QED) is 0.696. The third-order valence-corrected chi connectivity index (χ3v) is 3.72.